The average Bonchev–Trinajstić information content (AvgIpc) is 3.62. The number of imidazole rings is 1. The normalized spacial score (nSPS) is 21.8. The molecule has 1 amide bonds. The number of carbonyl (C=O) groups is 1. The maximum atomic E-state index is 14.6. The van der Waals surface area contributed by atoms with Crippen molar-refractivity contribution in [2.45, 2.75) is 116 Å². The van der Waals surface area contributed by atoms with E-state index in [1.165, 1.54) is 4.78 Å². The summed E-state index contributed by atoms with van der Waals surface area (Å²) >= 11 is 0. The van der Waals surface area contributed by atoms with E-state index in [0.29, 0.717) is 11.5 Å². The van der Waals surface area contributed by atoms with Crippen LogP contribution in [0.4, 0.5) is 4.79 Å². The first-order chi connectivity index (χ1) is 20.8. The number of rotatable bonds is 3. The summed E-state index contributed by atoms with van der Waals surface area (Å²) in [6.45, 7) is 24.3. The van der Waals surface area contributed by atoms with E-state index in [0.717, 1.165) is 32.0 Å². The van der Waals surface area contributed by atoms with Crippen molar-refractivity contribution < 1.29 is 27.8 Å². The second-order valence-corrected chi connectivity index (χ2v) is 23.4. The molecule has 12 heteroatoms. The number of aromatic nitrogens is 2. The van der Waals surface area contributed by atoms with Gasteiger partial charge in [-0.05, 0) is 0 Å². The van der Waals surface area contributed by atoms with Crippen LogP contribution in [0.1, 0.15) is 91.5 Å². The number of fused-ring (bicyclic) bond motifs is 4. The van der Waals surface area contributed by atoms with Crippen LogP contribution in [0.5, 0.6) is 11.5 Å². The number of benzene rings is 2. The molecular formula is C33H45N4O6PS. The van der Waals surface area contributed by atoms with Crippen molar-refractivity contribution >= 4 is 28.8 Å². The molecule has 0 fully saturated rings. The van der Waals surface area contributed by atoms with Gasteiger partial charge in [-0.3, -0.25) is 0 Å². The Labute approximate surface area is 268 Å². The SMILES string of the molecule is Cc1cc2c(c(C(C)(C)C)c1)O[P-]13(n4ccnc4)(OC(OC(C)C)=NN1C(=O)OC(C)C)Oc1c(cc(C)cc1C(C)(C)C)[S+]23. The van der Waals surface area contributed by atoms with Crippen LogP contribution in [-0.2, 0) is 35.3 Å². The minimum absolute atomic E-state index is 0.142. The summed E-state index contributed by atoms with van der Waals surface area (Å²) in [4.78, 5) is 20.8. The molecule has 1 spiro atoms. The predicted octanol–water partition coefficient (Wildman–Crippen LogP) is 8.62. The third-order valence-corrected chi connectivity index (χ3v) is 19.4. The van der Waals surface area contributed by atoms with Crippen molar-refractivity contribution in [1.82, 2.24) is 14.1 Å². The zero-order chi connectivity index (χ0) is 33.0. The molecular weight excluding hydrogens is 611 g/mol. The minimum atomic E-state index is -6.10. The number of carbonyl (C=O) groups excluding carboxylic acids is 1. The van der Waals surface area contributed by atoms with E-state index >= 15 is 0 Å². The van der Waals surface area contributed by atoms with Gasteiger partial charge in [-0.2, -0.15) is 0 Å². The summed E-state index contributed by atoms with van der Waals surface area (Å²) in [5, 5.41) is 4.77. The van der Waals surface area contributed by atoms with Crippen LogP contribution in [0.15, 0.2) is 57.9 Å². The van der Waals surface area contributed by atoms with E-state index < -0.39 is 28.8 Å². The molecule has 2 aromatic carbocycles. The Bertz CT molecular complexity index is 1700. The van der Waals surface area contributed by atoms with Gasteiger partial charge >= 0.3 is 269 Å². The van der Waals surface area contributed by atoms with Gasteiger partial charge in [0.25, 0.3) is 0 Å². The molecule has 1 aromatic heterocycles. The van der Waals surface area contributed by atoms with Gasteiger partial charge in [-0.1, -0.05) is 0 Å². The van der Waals surface area contributed by atoms with Gasteiger partial charge in [0.05, 0.1) is 0 Å². The Morgan fingerprint density at radius 2 is 1.38 bits per heavy atom. The van der Waals surface area contributed by atoms with Crippen LogP contribution in [0, 0.1) is 13.8 Å². The van der Waals surface area contributed by atoms with Gasteiger partial charge in [0.2, 0.25) is 0 Å². The van der Waals surface area contributed by atoms with E-state index in [1.807, 2.05) is 13.8 Å². The van der Waals surface area contributed by atoms with Crippen molar-refractivity contribution in [3.8, 4) is 11.5 Å². The standard InChI is InChI=1S/C33H45N4O6PS/c1-20(2)39-30-35-37(31(38)40-21(3)4)44(43-30,36-14-13-34-19-36)41-28-24(32(7,8)9)15-22(5)17-26(28)45(44)27-18-23(6)16-25(29(27)42-44)33(10,11)12/h13-21H,1-12H3. The van der Waals surface area contributed by atoms with E-state index in [2.05, 4.69) is 84.6 Å². The molecule has 0 bridgehead atoms. The molecule has 0 unspecified atom stereocenters. The zero-order valence-electron chi connectivity index (χ0n) is 28.3. The van der Waals surface area contributed by atoms with Crippen LogP contribution in [0.25, 0.3) is 0 Å². The fraction of sp³-hybridized carbons (Fsp3) is 0.485. The Morgan fingerprint density at radius 3 is 1.80 bits per heavy atom. The molecule has 45 heavy (non-hydrogen) atoms. The molecule has 0 saturated heterocycles. The Morgan fingerprint density at radius 1 is 0.844 bits per heavy atom. The van der Waals surface area contributed by atoms with Crippen LogP contribution in [0.3, 0.4) is 0 Å². The third-order valence-electron chi connectivity index (χ3n) is 8.04. The summed E-state index contributed by atoms with van der Waals surface area (Å²) < 4.78 is 37.4. The van der Waals surface area contributed by atoms with Gasteiger partial charge in [0.1, 0.15) is 0 Å². The fourth-order valence-corrected chi connectivity index (χ4v) is 19.2. The van der Waals surface area contributed by atoms with Crippen molar-refractivity contribution in [3.05, 3.63) is 65.2 Å². The molecule has 10 nitrogen and oxygen atoms in total. The second kappa shape index (κ2) is 9.32. The first kappa shape index (κ1) is 31.5. The van der Waals surface area contributed by atoms with Crippen molar-refractivity contribution in [3.63, 3.8) is 0 Å². The number of aryl methyl sites for hydroxylation is 2. The molecule has 3 aliphatic heterocycles. The molecule has 0 aliphatic carbocycles. The summed E-state index contributed by atoms with van der Waals surface area (Å²) in [5.74, 6) is 1.18. The van der Waals surface area contributed by atoms with E-state index in [9.17, 15) is 4.79 Å². The van der Waals surface area contributed by atoms with Gasteiger partial charge in [-0.15, -0.1) is 0 Å². The topological polar surface area (TPSA) is 96.6 Å². The quantitative estimate of drug-likeness (QED) is 0.206. The van der Waals surface area contributed by atoms with Gasteiger partial charge < -0.3 is 0 Å². The second-order valence-electron chi connectivity index (χ2n) is 14.7. The summed E-state index contributed by atoms with van der Waals surface area (Å²) in [5.41, 5.74) is 3.31. The van der Waals surface area contributed by atoms with Crippen LogP contribution >= 0.6 is 6.13 Å². The number of hydrogen-bond acceptors (Lipinski definition) is 8. The molecule has 3 aromatic rings. The van der Waals surface area contributed by atoms with Crippen molar-refractivity contribution in [2.24, 2.45) is 5.10 Å². The molecule has 4 heterocycles. The molecule has 0 saturated carbocycles. The Kier molecular flexibility index (Phi) is 6.53. The summed E-state index contributed by atoms with van der Waals surface area (Å²) in [6, 6.07) is 8.48. The number of hydrogen-bond donors (Lipinski definition) is 0. The van der Waals surface area contributed by atoms with E-state index in [4.69, 9.17) is 28.1 Å². The maximum absolute atomic E-state index is 14.6. The van der Waals surface area contributed by atoms with E-state index in [1.54, 1.807) is 36.9 Å². The van der Waals surface area contributed by atoms with Crippen molar-refractivity contribution in [1.29, 1.82) is 0 Å². The molecule has 0 radical (unpaired) electrons. The van der Waals surface area contributed by atoms with Crippen LogP contribution in [-0.4, -0.2) is 38.5 Å². The van der Waals surface area contributed by atoms with E-state index in [-0.39, 0.29) is 23.0 Å². The Hall–Kier alpha value is -3.43. The zero-order valence-corrected chi connectivity index (χ0v) is 30.0. The number of amides is 1. The molecule has 0 atom stereocenters. The number of ether oxygens (including phenoxy) is 2. The van der Waals surface area contributed by atoms with Crippen molar-refractivity contribution in [2.75, 3.05) is 0 Å². The van der Waals surface area contributed by atoms with Gasteiger partial charge in [0.15, 0.2) is 0 Å². The van der Waals surface area contributed by atoms with Crippen LogP contribution < -0.4 is 9.05 Å². The summed E-state index contributed by atoms with van der Waals surface area (Å²) in [7, 11) is -1.25. The first-order valence-electron chi connectivity index (χ1n) is 15.4. The van der Waals surface area contributed by atoms with Gasteiger partial charge in [0, 0.05) is 0 Å². The number of nitrogens with zero attached hydrogens (tertiary/aromatic N) is 4. The van der Waals surface area contributed by atoms with Gasteiger partial charge in [-0.25, -0.2) is 0 Å². The molecule has 3 aliphatic rings. The molecule has 6 rings (SSSR count). The number of hydrazone groups is 1. The molecule has 0 N–H and O–H groups in total. The third kappa shape index (κ3) is 4.02. The predicted molar refractivity (Wildman–Crippen MR) is 178 cm³/mol. The first-order valence-corrected chi connectivity index (χ1v) is 19.5. The average molecular weight is 657 g/mol. The molecule has 244 valence electrons. The monoisotopic (exact) mass is 656 g/mol. The Balaban J connectivity index is 1.86. The summed E-state index contributed by atoms with van der Waals surface area (Å²) in [6.07, 6.45) is -2.89. The van der Waals surface area contributed by atoms with Crippen LogP contribution in [0.2, 0.25) is 0 Å². The fourth-order valence-electron chi connectivity index (χ4n) is 6.24.